The van der Waals surface area contributed by atoms with Crippen molar-refractivity contribution in [3.63, 3.8) is 0 Å². The molecule has 0 spiro atoms. The normalized spacial score (nSPS) is 15.9. The third-order valence-corrected chi connectivity index (χ3v) is 4.68. The van der Waals surface area contributed by atoms with Crippen molar-refractivity contribution in [1.29, 1.82) is 0 Å². The first-order chi connectivity index (χ1) is 13.5. The van der Waals surface area contributed by atoms with Crippen molar-refractivity contribution in [3.05, 3.63) is 87.3 Å². The van der Waals surface area contributed by atoms with Crippen LogP contribution in [0.2, 0.25) is 0 Å². The highest BCUT2D eigenvalue weighted by atomic mass is 19.1. The molecule has 1 aromatic heterocycles. The number of nitrogens with one attached hydrogen (secondary N) is 1. The van der Waals surface area contributed by atoms with E-state index in [1.54, 1.807) is 37.3 Å². The fourth-order valence-electron chi connectivity index (χ4n) is 3.50. The number of carbonyl (C=O) groups excluding carboxylic acids is 1. The van der Waals surface area contributed by atoms with Crippen molar-refractivity contribution in [1.82, 2.24) is 4.98 Å². The van der Waals surface area contributed by atoms with E-state index in [-0.39, 0.29) is 34.9 Å². The molecule has 0 amide bonds. The van der Waals surface area contributed by atoms with Crippen LogP contribution in [-0.2, 0) is 9.53 Å². The monoisotopic (exact) mass is 380 g/mol. The lowest BCUT2D eigenvalue weighted by Crippen LogP contribution is -2.32. The zero-order valence-corrected chi connectivity index (χ0v) is 15.0. The molecule has 2 heterocycles. The van der Waals surface area contributed by atoms with Crippen LogP contribution in [0.25, 0.3) is 10.9 Å². The summed E-state index contributed by atoms with van der Waals surface area (Å²) in [6.45, 7) is 1.74. The van der Waals surface area contributed by atoms with Gasteiger partial charge in [-0.3, -0.25) is 4.79 Å². The van der Waals surface area contributed by atoms with Crippen LogP contribution < -0.4 is 16.0 Å². The zero-order chi connectivity index (χ0) is 19.8. The van der Waals surface area contributed by atoms with Crippen LogP contribution >= 0.6 is 0 Å². The molecule has 0 radical (unpaired) electrons. The van der Waals surface area contributed by atoms with E-state index in [9.17, 15) is 14.0 Å². The Labute approximate surface area is 159 Å². The van der Waals surface area contributed by atoms with Gasteiger partial charge in [0.1, 0.15) is 17.1 Å². The van der Waals surface area contributed by atoms with E-state index in [0.29, 0.717) is 10.9 Å². The summed E-state index contributed by atoms with van der Waals surface area (Å²) in [5, 5.41) is 0.601. The van der Waals surface area contributed by atoms with Gasteiger partial charge in [0.15, 0.2) is 0 Å². The highest BCUT2D eigenvalue weighted by Crippen LogP contribution is 2.44. The molecule has 1 atom stereocenters. The van der Waals surface area contributed by atoms with Crippen molar-refractivity contribution < 1.29 is 18.7 Å². The maximum absolute atomic E-state index is 14.7. The van der Waals surface area contributed by atoms with Gasteiger partial charge in [-0.05, 0) is 25.1 Å². The fourth-order valence-corrected chi connectivity index (χ4v) is 3.50. The standard InChI is InChI=1S/C21H17FN2O4/c1-2-27-21(26)17-15(11-7-3-5-9-13(11)22)16-18(28-19(17)23)12-8-4-6-10-14(12)24-20(16)25/h3-10,15H,2,23H2,1H3,(H,24,25)/t15-/m1/s1. The number of halogens is 1. The molecule has 0 saturated heterocycles. The molecular weight excluding hydrogens is 363 g/mol. The van der Waals surface area contributed by atoms with Crippen molar-refractivity contribution in [3.8, 4) is 5.75 Å². The lowest BCUT2D eigenvalue weighted by molar-refractivity contribution is -0.139. The number of para-hydroxylation sites is 1. The van der Waals surface area contributed by atoms with Gasteiger partial charge >= 0.3 is 5.97 Å². The Hall–Kier alpha value is -3.61. The number of carbonyl (C=O) groups is 1. The van der Waals surface area contributed by atoms with Gasteiger partial charge < -0.3 is 20.2 Å². The van der Waals surface area contributed by atoms with Crippen LogP contribution in [0.15, 0.2) is 64.8 Å². The highest BCUT2D eigenvalue weighted by molar-refractivity contribution is 5.95. The molecule has 0 aliphatic carbocycles. The van der Waals surface area contributed by atoms with E-state index in [1.807, 2.05) is 0 Å². The number of ether oxygens (including phenoxy) is 2. The van der Waals surface area contributed by atoms with Gasteiger partial charge in [0.25, 0.3) is 5.56 Å². The van der Waals surface area contributed by atoms with Crippen LogP contribution in [-0.4, -0.2) is 17.6 Å². The van der Waals surface area contributed by atoms with Gasteiger partial charge in [0.2, 0.25) is 5.88 Å². The predicted molar refractivity (Wildman–Crippen MR) is 101 cm³/mol. The van der Waals surface area contributed by atoms with Crippen LogP contribution in [0.1, 0.15) is 24.0 Å². The van der Waals surface area contributed by atoms with Crippen molar-refractivity contribution >= 4 is 16.9 Å². The number of benzene rings is 2. The number of H-pyrrole nitrogens is 1. The Kier molecular flexibility index (Phi) is 4.35. The number of esters is 1. The Balaban J connectivity index is 2.07. The lowest BCUT2D eigenvalue weighted by Gasteiger charge is -2.28. The first-order valence-electron chi connectivity index (χ1n) is 8.76. The fraction of sp³-hybridized carbons (Fsp3) is 0.143. The number of hydrogen-bond acceptors (Lipinski definition) is 5. The minimum Gasteiger partial charge on any atom is -0.462 e. The summed E-state index contributed by atoms with van der Waals surface area (Å²) in [5.74, 6) is -2.39. The molecule has 1 aliphatic heterocycles. The number of aromatic nitrogens is 1. The third-order valence-electron chi connectivity index (χ3n) is 4.68. The summed E-state index contributed by atoms with van der Waals surface area (Å²) in [5.41, 5.74) is 6.28. The first kappa shape index (κ1) is 17.8. The molecule has 142 valence electrons. The Bertz CT molecular complexity index is 1180. The molecule has 3 N–H and O–H groups in total. The molecular formula is C21H17FN2O4. The van der Waals surface area contributed by atoms with Crippen LogP contribution in [0.3, 0.4) is 0 Å². The van der Waals surface area contributed by atoms with Crippen LogP contribution in [0.5, 0.6) is 5.75 Å². The summed E-state index contributed by atoms with van der Waals surface area (Å²) < 4.78 is 25.5. The topological polar surface area (TPSA) is 94.4 Å². The maximum Gasteiger partial charge on any atom is 0.340 e. The molecule has 0 bridgehead atoms. The van der Waals surface area contributed by atoms with Gasteiger partial charge in [-0.2, -0.15) is 0 Å². The zero-order valence-electron chi connectivity index (χ0n) is 15.0. The number of hydrogen-bond donors (Lipinski definition) is 2. The Morgan fingerprint density at radius 1 is 1.21 bits per heavy atom. The smallest absolute Gasteiger partial charge is 0.340 e. The summed E-state index contributed by atoms with van der Waals surface area (Å²) in [6, 6.07) is 13.0. The molecule has 0 fully saturated rings. The second-order valence-electron chi connectivity index (χ2n) is 6.30. The van der Waals surface area contributed by atoms with Crippen LogP contribution in [0, 0.1) is 5.82 Å². The van der Waals surface area contributed by atoms with E-state index in [4.69, 9.17) is 15.2 Å². The number of fused-ring (bicyclic) bond motifs is 3. The summed E-state index contributed by atoms with van der Waals surface area (Å²) in [6.07, 6.45) is 0. The van der Waals surface area contributed by atoms with Crippen molar-refractivity contribution in [2.75, 3.05) is 6.61 Å². The maximum atomic E-state index is 14.7. The largest absolute Gasteiger partial charge is 0.462 e. The van der Waals surface area contributed by atoms with E-state index >= 15 is 0 Å². The first-order valence-corrected chi connectivity index (χ1v) is 8.76. The lowest BCUT2D eigenvalue weighted by atomic mass is 9.82. The van der Waals surface area contributed by atoms with Gasteiger partial charge in [-0.15, -0.1) is 0 Å². The molecule has 3 aromatic rings. The molecule has 1 aliphatic rings. The average Bonchev–Trinajstić information content (AvgIpc) is 2.67. The van der Waals surface area contributed by atoms with Gasteiger partial charge in [-0.1, -0.05) is 30.3 Å². The van der Waals surface area contributed by atoms with Gasteiger partial charge in [-0.25, -0.2) is 9.18 Å². The minimum absolute atomic E-state index is 0.0970. The second kappa shape index (κ2) is 6.84. The van der Waals surface area contributed by atoms with Crippen molar-refractivity contribution in [2.24, 2.45) is 5.73 Å². The number of pyridine rings is 1. The van der Waals surface area contributed by atoms with Gasteiger partial charge in [0, 0.05) is 10.9 Å². The summed E-state index contributed by atoms with van der Waals surface area (Å²) in [7, 11) is 0. The van der Waals surface area contributed by atoms with E-state index < -0.39 is 23.3 Å². The highest BCUT2D eigenvalue weighted by Gasteiger charge is 2.39. The molecule has 7 heteroatoms. The quantitative estimate of drug-likeness (QED) is 0.682. The van der Waals surface area contributed by atoms with E-state index in [1.165, 1.54) is 18.2 Å². The Morgan fingerprint density at radius 2 is 1.93 bits per heavy atom. The third kappa shape index (κ3) is 2.72. The summed E-state index contributed by atoms with van der Waals surface area (Å²) >= 11 is 0. The van der Waals surface area contributed by atoms with E-state index in [2.05, 4.69) is 4.98 Å². The number of aromatic amines is 1. The molecule has 6 nitrogen and oxygen atoms in total. The molecule has 0 unspecified atom stereocenters. The van der Waals surface area contributed by atoms with E-state index in [0.717, 1.165) is 0 Å². The second-order valence-corrected chi connectivity index (χ2v) is 6.30. The van der Waals surface area contributed by atoms with Crippen LogP contribution in [0.4, 0.5) is 4.39 Å². The van der Waals surface area contributed by atoms with Crippen molar-refractivity contribution in [2.45, 2.75) is 12.8 Å². The molecule has 28 heavy (non-hydrogen) atoms. The molecule has 2 aromatic carbocycles. The molecule has 0 saturated carbocycles. The minimum atomic E-state index is -1.06. The SMILES string of the molecule is CCOC(=O)C1=C(N)Oc2c(c(=O)[nH]c3ccccc23)[C@H]1c1ccccc1F. The number of rotatable bonds is 3. The molecule has 4 rings (SSSR count). The number of nitrogens with two attached hydrogens (primary N) is 1. The average molecular weight is 380 g/mol. The Morgan fingerprint density at radius 3 is 2.68 bits per heavy atom. The summed E-state index contributed by atoms with van der Waals surface area (Å²) in [4.78, 5) is 28.3. The predicted octanol–water partition coefficient (Wildman–Crippen LogP) is 2.92. The van der Waals surface area contributed by atoms with Gasteiger partial charge in [0.05, 0.1) is 23.6 Å².